The number of carbonyl (C=O) groups is 1. The molecule has 13 heavy (non-hydrogen) atoms. The summed E-state index contributed by atoms with van der Waals surface area (Å²) in [6.07, 6.45) is 2.58. The Bertz CT molecular complexity index is 349. The van der Waals surface area contributed by atoms with Crippen LogP contribution in [0.25, 0.3) is 0 Å². The third kappa shape index (κ3) is 1.24. The second-order valence-corrected chi connectivity index (χ2v) is 2.86. The third-order valence-corrected chi connectivity index (χ3v) is 2.11. The van der Waals surface area contributed by atoms with Gasteiger partial charge < -0.3 is 10.1 Å². The average molecular weight is 178 g/mol. The van der Waals surface area contributed by atoms with E-state index >= 15 is 0 Å². The largest absolute Gasteiger partial charge is 0.464 e. The number of methoxy groups -OCH3 is 1. The van der Waals surface area contributed by atoms with Gasteiger partial charge in [-0.25, -0.2) is 9.78 Å². The van der Waals surface area contributed by atoms with Crippen molar-refractivity contribution in [1.29, 1.82) is 0 Å². The molecule has 0 bridgehead atoms. The van der Waals surface area contributed by atoms with Gasteiger partial charge in [0.1, 0.15) is 0 Å². The number of nitrogens with zero attached hydrogens (tertiary/aromatic N) is 1. The molecule has 1 aromatic heterocycles. The van der Waals surface area contributed by atoms with Crippen LogP contribution in [0.15, 0.2) is 12.3 Å². The van der Waals surface area contributed by atoms with Crippen LogP contribution < -0.4 is 5.32 Å². The predicted octanol–water partition coefficient (Wildman–Crippen LogP) is 0.836. The minimum atomic E-state index is -0.383. The van der Waals surface area contributed by atoms with Crippen LogP contribution in [0.5, 0.6) is 0 Å². The van der Waals surface area contributed by atoms with Gasteiger partial charge in [-0.2, -0.15) is 0 Å². The Morgan fingerprint density at radius 3 is 3.31 bits per heavy atom. The summed E-state index contributed by atoms with van der Waals surface area (Å²) in [6.45, 7) is 0.866. The highest BCUT2D eigenvalue weighted by atomic mass is 16.5. The molecule has 4 heteroatoms. The second kappa shape index (κ2) is 3.05. The molecule has 68 valence electrons. The standard InChI is InChI=1S/C9H10N2O2/c1-13-9(12)8-7-6(2-4-10-7)3-5-11-8/h3,5,10H,2,4H2,1H3. The first-order chi connectivity index (χ1) is 6.33. The van der Waals surface area contributed by atoms with Crippen molar-refractivity contribution >= 4 is 11.7 Å². The summed E-state index contributed by atoms with van der Waals surface area (Å²) < 4.78 is 4.62. The number of pyridine rings is 1. The van der Waals surface area contributed by atoms with E-state index in [-0.39, 0.29) is 5.97 Å². The Morgan fingerprint density at radius 2 is 2.54 bits per heavy atom. The van der Waals surface area contributed by atoms with Gasteiger partial charge in [-0.15, -0.1) is 0 Å². The number of aromatic nitrogens is 1. The molecule has 0 spiro atoms. The molecule has 0 saturated carbocycles. The molecular formula is C9H10N2O2. The number of hydrogen-bond acceptors (Lipinski definition) is 4. The predicted molar refractivity (Wildman–Crippen MR) is 47.8 cm³/mol. The van der Waals surface area contributed by atoms with Crippen LogP contribution in [0.1, 0.15) is 16.1 Å². The molecule has 4 nitrogen and oxygen atoms in total. The Balaban J connectivity index is 2.47. The molecule has 0 fully saturated rings. The normalized spacial score (nSPS) is 13.3. The summed E-state index contributed by atoms with van der Waals surface area (Å²) in [6, 6.07) is 1.92. The minimum Gasteiger partial charge on any atom is -0.464 e. The van der Waals surface area contributed by atoms with E-state index in [9.17, 15) is 4.79 Å². The average Bonchev–Trinajstić information content (AvgIpc) is 2.63. The Kier molecular flexibility index (Phi) is 1.88. The van der Waals surface area contributed by atoms with Gasteiger partial charge in [-0.05, 0) is 18.1 Å². The number of hydrogen-bond donors (Lipinski definition) is 1. The highest BCUT2D eigenvalue weighted by molar-refractivity contribution is 5.94. The zero-order valence-electron chi connectivity index (χ0n) is 7.33. The van der Waals surface area contributed by atoms with Gasteiger partial charge in [-0.1, -0.05) is 0 Å². The Labute approximate surface area is 75.9 Å². The van der Waals surface area contributed by atoms with E-state index in [4.69, 9.17) is 0 Å². The first-order valence-electron chi connectivity index (χ1n) is 4.13. The van der Waals surface area contributed by atoms with E-state index in [1.54, 1.807) is 6.20 Å². The van der Waals surface area contributed by atoms with E-state index in [1.807, 2.05) is 6.07 Å². The highest BCUT2D eigenvalue weighted by Crippen LogP contribution is 2.24. The Hall–Kier alpha value is -1.58. The zero-order valence-corrected chi connectivity index (χ0v) is 7.33. The summed E-state index contributed by atoms with van der Waals surface area (Å²) in [5.41, 5.74) is 2.35. The van der Waals surface area contributed by atoms with Crippen molar-refractivity contribution < 1.29 is 9.53 Å². The maximum atomic E-state index is 11.2. The molecule has 0 radical (unpaired) electrons. The van der Waals surface area contributed by atoms with Crippen molar-refractivity contribution in [1.82, 2.24) is 4.98 Å². The van der Waals surface area contributed by atoms with Crippen molar-refractivity contribution in [2.75, 3.05) is 19.0 Å². The van der Waals surface area contributed by atoms with Crippen molar-refractivity contribution in [3.63, 3.8) is 0 Å². The molecule has 0 saturated heterocycles. The lowest BCUT2D eigenvalue weighted by Gasteiger charge is -2.04. The topological polar surface area (TPSA) is 51.2 Å². The van der Waals surface area contributed by atoms with Crippen LogP contribution >= 0.6 is 0 Å². The molecule has 1 N–H and O–H groups in total. The van der Waals surface area contributed by atoms with Crippen LogP contribution in [0.3, 0.4) is 0 Å². The molecule has 0 atom stereocenters. The maximum absolute atomic E-state index is 11.2. The fraction of sp³-hybridized carbons (Fsp3) is 0.333. The van der Waals surface area contributed by atoms with Crippen LogP contribution in [0.2, 0.25) is 0 Å². The van der Waals surface area contributed by atoms with Gasteiger partial charge in [0.2, 0.25) is 0 Å². The SMILES string of the molecule is COC(=O)c1nccc2c1NCC2. The number of esters is 1. The van der Waals surface area contributed by atoms with E-state index in [2.05, 4.69) is 15.0 Å². The first-order valence-corrected chi connectivity index (χ1v) is 4.13. The molecule has 1 aliphatic rings. The number of anilines is 1. The number of rotatable bonds is 1. The molecule has 0 amide bonds. The summed E-state index contributed by atoms with van der Waals surface area (Å²) in [7, 11) is 1.36. The Morgan fingerprint density at radius 1 is 1.69 bits per heavy atom. The molecule has 1 aromatic rings. The lowest BCUT2D eigenvalue weighted by Crippen LogP contribution is -2.07. The summed E-state index contributed by atoms with van der Waals surface area (Å²) in [5, 5.41) is 3.12. The molecule has 0 aliphatic carbocycles. The fourth-order valence-corrected chi connectivity index (χ4v) is 1.48. The van der Waals surface area contributed by atoms with Crippen LogP contribution in [0.4, 0.5) is 5.69 Å². The van der Waals surface area contributed by atoms with Crippen molar-refractivity contribution in [3.05, 3.63) is 23.5 Å². The quantitative estimate of drug-likeness (QED) is 0.647. The number of ether oxygens (including phenoxy) is 1. The van der Waals surface area contributed by atoms with Crippen LogP contribution in [-0.2, 0) is 11.2 Å². The molecular weight excluding hydrogens is 168 g/mol. The van der Waals surface area contributed by atoms with Crippen molar-refractivity contribution in [2.45, 2.75) is 6.42 Å². The fourth-order valence-electron chi connectivity index (χ4n) is 1.48. The van der Waals surface area contributed by atoms with Gasteiger partial charge >= 0.3 is 5.97 Å². The zero-order chi connectivity index (χ0) is 9.26. The number of nitrogens with one attached hydrogen (secondary N) is 1. The lowest BCUT2D eigenvalue weighted by molar-refractivity contribution is 0.0595. The molecule has 1 aliphatic heterocycles. The molecule has 0 aromatic carbocycles. The highest BCUT2D eigenvalue weighted by Gasteiger charge is 2.19. The second-order valence-electron chi connectivity index (χ2n) is 2.86. The van der Waals surface area contributed by atoms with Gasteiger partial charge in [-0.3, -0.25) is 0 Å². The molecule has 0 unspecified atom stereocenters. The monoisotopic (exact) mass is 178 g/mol. The lowest BCUT2D eigenvalue weighted by atomic mass is 10.2. The molecule has 2 rings (SSSR count). The minimum absolute atomic E-state index is 0.383. The van der Waals surface area contributed by atoms with Crippen molar-refractivity contribution in [3.8, 4) is 0 Å². The summed E-state index contributed by atoms with van der Waals surface area (Å²) in [4.78, 5) is 15.2. The number of fused-ring (bicyclic) bond motifs is 1. The van der Waals surface area contributed by atoms with Crippen molar-refractivity contribution in [2.24, 2.45) is 0 Å². The third-order valence-electron chi connectivity index (χ3n) is 2.11. The van der Waals surface area contributed by atoms with Gasteiger partial charge in [0.25, 0.3) is 0 Å². The van der Waals surface area contributed by atoms with Gasteiger partial charge in [0, 0.05) is 12.7 Å². The molecule has 2 heterocycles. The van der Waals surface area contributed by atoms with E-state index in [1.165, 1.54) is 7.11 Å². The number of carbonyl (C=O) groups excluding carboxylic acids is 1. The van der Waals surface area contributed by atoms with Gasteiger partial charge in [0.15, 0.2) is 5.69 Å². The summed E-state index contributed by atoms with van der Waals surface area (Å²) in [5.74, 6) is -0.383. The maximum Gasteiger partial charge on any atom is 0.358 e. The van der Waals surface area contributed by atoms with E-state index in [0.29, 0.717) is 5.69 Å². The van der Waals surface area contributed by atoms with Crippen LogP contribution in [0, 0.1) is 0 Å². The smallest absolute Gasteiger partial charge is 0.358 e. The van der Waals surface area contributed by atoms with E-state index < -0.39 is 0 Å². The van der Waals surface area contributed by atoms with Crippen LogP contribution in [-0.4, -0.2) is 24.6 Å². The van der Waals surface area contributed by atoms with Gasteiger partial charge in [0.05, 0.1) is 12.8 Å². The first kappa shape index (κ1) is 8.04. The summed E-state index contributed by atoms with van der Waals surface area (Å²) >= 11 is 0. The van der Waals surface area contributed by atoms with E-state index in [0.717, 1.165) is 24.2 Å².